The topological polar surface area (TPSA) is 87.9 Å². The van der Waals surface area contributed by atoms with Gasteiger partial charge in [0, 0.05) is 18.2 Å². The van der Waals surface area contributed by atoms with E-state index in [1.165, 1.54) is 14.2 Å². The molecule has 0 spiro atoms. The zero-order valence-corrected chi connectivity index (χ0v) is 20.3. The molecule has 3 aromatic rings. The Balaban J connectivity index is 1.81. The lowest BCUT2D eigenvalue weighted by atomic mass is 10.0. The standard InChI is InChI=1S/C27H29N5O3/c1-20(29-32(23-14-7-5-8-15-23)24-16-9-6-10-17-24)21(2)30-35-19-22-13-11-12-18-25(22)26(31-34-4)27(33)28-3/h5-18H,19H2,1-4H3,(H,28,33). The highest BCUT2D eigenvalue weighted by Crippen LogP contribution is 2.25. The molecule has 0 saturated carbocycles. The van der Waals surface area contributed by atoms with Crippen LogP contribution in [0.15, 0.2) is 100 Å². The zero-order valence-electron chi connectivity index (χ0n) is 20.3. The number of amides is 1. The monoisotopic (exact) mass is 471 g/mol. The number of anilines is 2. The van der Waals surface area contributed by atoms with Crippen molar-refractivity contribution in [1.82, 2.24) is 5.32 Å². The Kier molecular flexibility index (Phi) is 9.13. The number of hydrogen-bond acceptors (Lipinski definition) is 7. The molecule has 0 heterocycles. The number of carbonyl (C=O) groups excluding carboxylic acids is 1. The predicted octanol–water partition coefficient (Wildman–Crippen LogP) is 4.89. The van der Waals surface area contributed by atoms with Gasteiger partial charge < -0.3 is 15.0 Å². The number of rotatable bonds is 10. The molecule has 0 fully saturated rings. The number of hydrazone groups is 1. The van der Waals surface area contributed by atoms with Crippen molar-refractivity contribution in [3.63, 3.8) is 0 Å². The third-order valence-corrected chi connectivity index (χ3v) is 5.09. The normalized spacial score (nSPS) is 12.2. The highest BCUT2D eigenvalue weighted by atomic mass is 16.6. The maximum Gasteiger partial charge on any atom is 0.273 e. The van der Waals surface area contributed by atoms with Gasteiger partial charge in [-0.05, 0) is 38.1 Å². The smallest absolute Gasteiger partial charge is 0.273 e. The van der Waals surface area contributed by atoms with Crippen molar-refractivity contribution in [1.29, 1.82) is 0 Å². The van der Waals surface area contributed by atoms with Gasteiger partial charge in [-0.2, -0.15) is 5.10 Å². The van der Waals surface area contributed by atoms with Crippen LogP contribution < -0.4 is 10.3 Å². The molecule has 0 aliphatic heterocycles. The molecular weight excluding hydrogens is 442 g/mol. The van der Waals surface area contributed by atoms with Crippen molar-refractivity contribution in [2.45, 2.75) is 20.5 Å². The average molecular weight is 472 g/mol. The van der Waals surface area contributed by atoms with E-state index in [0.717, 1.165) is 16.9 Å². The molecule has 0 unspecified atom stereocenters. The van der Waals surface area contributed by atoms with E-state index in [-0.39, 0.29) is 18.2 Å². The summed E-state index contributed by atoms with van der Waals surface area (Å²) in [5.41, 5.74) is 4.68. The number of oxime groups is 2. The average Bonchev–Trinajstić information content (AvgIpc) is 2.91. The van der Waals surface area contributed by atoms with Crippen LogP contribution in [0, 0.1) is 0 Å². The maximum atomic E-state index is 12.3. The van der Waals surface area contributed by atoms with Crippen LogP contribution >= 0.6 is 0 Å². The van der Waals surface area contributed by atoms with Crippen LogP contribution in [0.5, 0.6) is 0 Å². The van der Waals surface area contributed by atoms with Gasteiger partial charge >= 0.3 is 0 Å². The lowest BCUT2D eigenvalue weighted by molar-refractivity contribution is -0.114. The fourth-order valence-electron chi connectivity index (χ4n) is 3.19. The molecule has 0 aromatic heterocycles. The molecule has 0 aliphatic rings. The van der Waals surface area contributed by atoms with Crippen molar-refractivity contribution in [2.24, 2.45) is 15.4 Å². The van der Waals surface area contributed by atoms with Crippen molar-refractivity contribution in [3.8, 4) is 0 Å². The lowest BCUT2D eigenvalue weighted by Crippen LogP contribution is -2.29. The number of hydrogen-bond donors (Lipinski definition) is 1. The van der Waals surface area contributed by atoms with Gasteiger partial charge in [0.15, 0.2) is 5.71 Å². The van der Waals surface area contributed by atoms with Crippen LogP contribution in [-0.2, 0) is 21.1 Å². The van der Waals surface area contributed by atoms with Gasteiger partial charge in [-0.15, -0.1) is 0 Å². The second-order valence-corrected chi connectivity index (χ2v) is 7.48. The van der Waals surface area contributed by atoms with E-state index in [1.54, 1.807) is 6.07 Å². The van der Waals surface area contributed by atoms with Crippen LogP contribution in [0.1, 0.15) is 25.0 Å². The number of nitrogens with one attached hydrogen (secondary N) is 1. The highest BCUT2D eigenvalue weighted by molar-refractivity contribution is 6.45. The molecule has 180 valence electrons. The summed E-state index contributed by atoms with van der Waals surface area (Å²) in [4.78, 5) is 22.7. The Labute approximate surface area is 205 Å². The van der Waals surface area contributed by atoms with Crippen LogP contribution in [0.25, 0.3) is 0 Å². The Hall–Kier alpha value is -4.46. The van der Waals surface area contributed by atoms with Gasteiger partial charge in [0.2, 0.25) is 0 Å². The van der Waals surface area contributed by atoms with Crippen molar-refractivity contribution >= 4 is 34.4 Å². The van der Waals surface area contributed by atoms with Gasteiger partial charge in [-0.25, -0.2) is 5.01 Å². The molecule has 1 amide bonds. The van der Waals surface area contributed by atoms with E-state index in [0.29, 0.717) is 17.0 Å². The molecule has 8 nitrogen and oxygen atoms in total. The second-order valence-electron chi connectivity index (χ2n) is 7.48. The van der Waals surface area contributed by atoms with E-state index in [9.17, 15) is 4.79 Å². The maximum absolute atomic E-state index is 12.3. The molecule has 0 saturated heterocycles. The minimum absolute atomic E-state index is 0.140. The molecule has 3 aromatic carbocycles. The first-order valence-corrected chi connectivity index (χ1v) is 11.1. The fraction of sp³-hybridized carbons (Fsp3) is 0.185. The van der Waals surface area contributed by atoms with Gasteiger partial charge in [-0.3, -0.25) is 4.79 Å². The van der Waals surface area contributed by atoms with E-state index in [1.807, 2.05) is 97.7 Å². The molecular formula is C27H29N5O3. The SMILES string of the molecule is CNC(=O)C(=NOC)c1ccccc1CON=C(C)C(C)=NN(c1ccccc1)c1ccccc1. The Morgan fingerprint density at radius 3 is 1.97 bits per heavy atom. The molecule has 0 bridgehead atoms. The van der Waals surface area contributed by atoms with Crippen molar-refractivity contribution in [2.75, 3.05) is 19.2 Å². The number of likely N-dealkylation sites (N-methyl/N-ethyl adjacent to an activating group) is 1. The molecule has 35 heavy (non-hydrogen) atoms. The first-order valence-electron chi connectivity index (χ1n) is 11.1. The van der Waals surface area contributed by atoms with E-state index in [2.05, 4.69) is 15.6 Å². The summed E-state index contributed by atoms with van der Waals surface area (Å²) in [6.45, 7) is 3.85. The van der Waals surface area contributed by atoms with E-state index >= 15 is 0 Å². The summed E-state index contributed by atoms with van der Waals surface area (Å²) in [5.74, 6) is -0.358. The molecule has 3 rings (SSSR count). The molecule has 1 N–H and O–H groups in total. The molecule has 0 aliphatic carbocycles. The number of nitrogens with zero attached hydrogens (tertiary/aromatic N) is 4. The van der Waals surface area contributed by atoms with Crippen molar-refractivity contribution in [3.05, 3.63) is 96.1 Å². The largest absolute Gasteiger partial charge is 0.398 e. The summed E-state index contributed by atoms with van der Waals surface area (Å²) in [6, 6.07) is 27.1. The summed E-state index contributed by atoms with van der Waals surface area (Å²) < 4.78 is 0. The number of benzene rings is 3. The molecule has 0 radical (unpaired) electrons. The molecule has 8 heteroatoms. The summed E-state index contributed by atoms with van der Waals surface area (Å²) in [5, 5.41) is 17.4. The van der Waals surface area contributed by atoms with Crippen LogP contribution in [0.4, 0.5) is 11.4 Å². The van der Waals surface area contributed by atoms with E-state index in [4.69, 9.17) is 14.8 Å². The lowest BCUT2D eigenvalue weighted by Gasteiger charge is -2.20. The van der Waals surface area contributed by atoms with Gasteiger partial charge in [-0.1, -0.05) is 71.0 Å². The van der Waals surface area contributed by atoms with Crippen LogP contribution in [0.3, 0.4) is 0 Å². The first kappa shape index (κ1) is 25.2. The summed E-state index contributed by atoms with van der Waals surface area (Å²) >= 11 is 0. The van der Waals surface area contributed by atoms with Gasteiger partial charge in [0.1, 0.15) is 13.7 Å². The summed E-state index contributed by atoms with van der Waals surface area (Å²) in [6.07, 6.45) is 0. The highest BCUT2D eigenvalue weighted by Gasteiger charge is 2.17. The number of carbonyl (C=O) groups is 1. The molecule has 0 atom stereocenters. The Bertz CT molecular complexity index is 1170. The van der Waals surface area contributed by atoms with Gasteiger partial charge in [0.05, 0.1) is 22.8 Å². The minimum atomic E-state index is -0.358. The van der Waals surface area contributed by atoms with Gasteiger partial charge in [0.25, 0.3) is 5.91 Å². The zero-order chi connectivity index (χ0) is 25.0. The second kappa shape index (κ2) is 12.7. The predicted molar refractivity (Wildman–Crippen MR) is 140 cm³/mol. The van der Waals surface area contributed by atoms with E-state index < -0.39 is 0 Å². The third-order valence-electron chi connectivity index (χ3n) is 5.09. The Morgan fingerprint density at radius 2 is 1.40 bits per heavy atom. The fourth-order valence-corrected chi connectivity index (χ4v) is 3.19. The van der Waals surface area contributed by atoms with Crippen LogP contribution in [0.2, 0.25) is 0 Å². The van der Waals surface area contributed by atoms with Crippen LogP contribution in [-0.4, -0.2) is 37.2 Å². The van der Waals surface area contributed by atoms with Crippen molar-refractivity contribution < 1.29 is 14.5 Å². The summed E-state index contributed by atoms with van der Waals surface area (Å²) in [7, 11) is 2.93. The third kappa shape index (κ3) is 6.77. The first-order chi connectivity index (χ1) is 17.0. The Morgan fingerprint density at radius 1 is 0.829 bits per heavy atom. The minimum Gasteiger partial charge on any atom is -0.398 e. The number of para-hydroxylation sites is 2. The quantitative estimate of drug-likeness (QED) is 0.337.